The van der Waals surface area contributed by atoms with Crippen LogP contribution in [0.25, 0.3) is 0 Å². The van der Waals surface area contributed by atoms with E-state index in [0.29, 0.717) is 17.9 Å². The summed E-state index contributed by atoms with van der Waals surface area (Å²) in [4.78, 5) is 2.56. The lowest BCUT2D eigenvalue weighted by Crippen LogP contribution is -2.37. The maximum Gasteiger partial charge on any atom is 0.117 e. The first-order chi connectivity index (χ1) is 15.5. The second-order valence-corrected chi connectivity index (χ2v) is 9.80. The van der Waals surface area contributed by atoms with Crippen molar-refractivity contribution in [3.63, 3.8) is 0 Å². The van der Waals surface area contributed by atoms with E-state index >= 15 is 0 Å². The molecule has 4 rings (SSSR count). The summed E-state index contributed by atoms with van der Waals surface area (Å²) in [6.45, 7) is 9.49. The van der Waals surface area contributed by atoms with Crippen LogP contribution in [0.1, 0.15) is 68.9 Å². The van der Waals surface area contributed by atoms with Crippen LogP contribution in [0.15, 0.2) is 83.5 Å². The van der Waals surface area contributed by atoms with E-state index in [1.165, 1.54) is 11.1 Å². The first kappa shape index (κ1) is 22.8. The maximum atomic E-state index is 6.05. The second kappa shape index (κ2) is 10.5. The van der Waals surface area contributed by atoms with Crippen LogP contribution in [0.2, 0.25) is 0 Å². The average Bonchev–Trinajstić information content (AvgIpc) is 3.32. The van der Waals surface area contributed by atoms with Crippen molar-refractivity contribution in [3.05, 3.63) is 95.9 Å². The Labute approximate surface area is 193 Å². The molecule has 3 atom stereocenters. The molecule has 1 aliphatic rings. The summed E-state index contributed by atoms with van der Waals surface area (Å²) >= 11 is 0. The molecular formula is C29H37NO2. The average molecular weight is 432 g/mol. The lowest BCUT2D eigenvalue weighted by atomic mass is 9.75. The minimum Gasteiger partial charge on any atom is -0.468 e. The number of hydrogen-bond acceptors (Lipinski definition) is 3. The van der Waals surface area contributed by atoms with Crippen molar-refractivity contribution in [2.45, 2.75) is 64.1 Å². The number of furan rings is 1. The zero-order valence-corrected chi connectivity index (χ0v) is 19.7. The van der Waals surface area contributed by atoms with Crippen LogP contribution in [-0.2, 0) is 11.3 Å². The molecule has 1 aliphatic heterocycles. The monoisotopic (exact) mass is 431 g/mol. The molecule has 0 N–H and O–H groups in total. The topological polar surface area (TPSA) is 25.6 Å². The van der Waals surface area contributed by atoms with E-state index < -0.39 is 0 Å². The first-order valence-corrected chi connectivity index (χ1v) is 12.0. The molecule has 0 saturated carbocycles. The summed E-state index contributed by atoms with van der Waals surface area (Å²) in [6, 6.07) is 26.3. The van der Waals surface area contributed by atoms with Gasteiger partial charge in [-0.15, -0.1) is 0 Å². The van der Waals surface area contributed by atoms with Crippen molar-refractivity contribution in [1.29, 1.82) is 0 Å². The number of rotatable bonds is 9. The molecule has 0 spiro atoms. The molecular weight excluding hydrogens is 394 g/mol. The SMILES string of the molecule is CC(c1ccccc1)N(CCC(c1ccccc1)C1CCOC(C)(C)C1)Cc1ccco1. The molecule has 2 heterocycles. The van der Waals surface area contributed by atoms with Crippen LogP contribution in [-0.4, -0.2) is 23.7 Å². The zero-order valence-electron chi connectivity index (χ0n) is 19.7. The largest absolute Gasteiger partial charge is 0.468 e. The summed E-state index contributed by atoms with van der Waals surface area (Å²) in [5.41, 5.74) is 2.77. The van der Waals surface area contributed by atoms with Gasteiger partial charge >= 0.3 is 0 Å². The molecule has 170 valence electrons. The minimum atomic E-state index is -0.0405. The molecule has 0 amide bonds. The Bertz CT molecular complexity index is 920. The van der Waals surface area contributed by atoms with Crippen LogP contribution in [0, 0.1) is 5.92 Å². The normalized spacial score (nSPS) is 20.2. The van der Waals surface area contributed by atoms with Gasteiger partial charge in [-0.1, -0.05) is 60.7 Å². The van der Waals surface area contributed by atoms with E-state index in [-0.39, 0.29) is 5.60 Å². The molecule has 1 saturated heterocycles. The van der Waals surface area contributed by atoms with E-state index in [1.807, 2.05) is 6.07 Å². The van der Waals surface area contributed by atoms with Gasteiger partial charge in [-0.3, -0.25) is 4.90 Å². The Morgan fingerprint density at radius 3 is 2.25 bits per heavy atom. The molecule has 1 aromatic heterocycles. The predicted octanol–water partition coefficient (Wildman–Crippen LogP) is 7.22. The van der Waals surface area contributed by atoms with Gasteiger partial charge in [0, 0.05) is 12.6 Å². The third-order valence-corrected chi connectivity index (χ3v) is 7.03. The van der Waals surface area contributed by atoms with Gasteiger partial charge in [0.2, 0.25) is 0 Å². The standard InChI is InChI=1S/C29H37NO2/c1-23(24-11-6-4-7-12-24)30(22-27-15-10-19-31-27)18-16-28(25-13-8-5-9-14-25)26-17-20-32-29(2,3)21-26/h4-15,19,23,26,28H,16-18,20-22H2,1-3H3. The van der Waals surface area contributed by atoms with Gasteiger partial charge < -0.3 is 9.15 Å². The number of hydrogen-bond donors (Lipinski definition) is 0. The van der Waals surface area contributed by atoms with Gasteiger partial charge in [0.25, 0.3) is 0 Å². The Morgan fingerprint density at radius 2 is 1.62 bits per heavy atom. The fourth-order valence-corrected chi connectivity index (χ4v) is 5.26. The van der Waals surface area contributed by atoms with E-state index in [4.69, 9.17) is 9.15 Å². The first-order valence-electron chi connectivity index (χ1n) is 12.0. The predicted molar refractivity (Wildman–Crippen MR) is 131 cm³/mol. The van der Waals surface area contributed by atoms with Crippen molar-refractivity contribution in [1.82, 2.24) is 4.90 Å². The van der Waals surface area contributed by atoms with Gasteiger partial charge in [-0.25, -0.2) is 0 Å². The van der Waals surface area contributed by atoms with E-state index in [0.717, 1.165) is 44.7 Å². The van der Waals surface area contributed by atoms with E-state index in [9.17, 15) is 0 Å². The molecule has 3 aromatic rings. The van der Waals surface area contributed by atoms with E-state index in [1.54, 1.807) is 6.26 Å². The molecule has 3 nitrogen and oxygen atoms in total. The fourth-order valence-electron chi connectivity index (χ4n) is 5.26. The Kier molecular flexibility index (Phi) is 7.49. The third kappa shape index (κ3) is 5.90. The quantitative estimate of drug-likeness (QED) is 0.357. The van der Waals surface area contributed by atoms with Crippen LogP contribution in [0.5, 0.6) is 0 Å². The van der Waals surface area contributed by atoms with Crippen molar-refractivity contribution in [2.75, 3.05) is 13.2 Å². The van der Waals surface area contributed by atoms with Crippen molar-refractivity contribution in [2.24, 2.45) is 5.92 Å². The van der Waals surface area contributed by atoms with Crippen LogP contribution in [0.4, 0.5) is 0 Å². The van der Waals surface area contributed by atoms with Gasteiger partial charge in [0.05, 0.1) is 18.4 Å². The highest BCUT2D eigenvalue weighted by Crippen LogP contribution is 2.40. The van der Waals surface area contributed by atoms with Crippen LogP contribution < -0.4 is 0 Å². The summed E-state index contributed by atoms with van der Waals surface area (Å²) in [6.07, 6.45) is 5.15. The molecule has 3 unspecified atom stereocenters. The molecule has 0 bridgehead atoms. The molecule has 3 heteroatoms. The molecule has 1 fully saturated rings. The highest BCUT2D eigenvalue weighted by molar-refractivity contribution is 5.22. The summed E-state index contributed by atoms with van der Waals surface area (Å²) in [5, 5.41) is 0. The Hall–Kier alpha value is -2.36. The molecule has 2 aromatic carbocycles. The van der Waals surface area contributed by atoms with Gasteiger partial charge in [0.1, 0.15) is 5.76 Å². The second-order valence-electron chi connectivity index (χ2n) is 9.80. The highest BCUT2D eigenvalue weighted by atomic mass is 16.5. The molecule has 0 radical (unpaired) electrons. The number of nitrogens with zero attached hydrogens (tertiary/aromatic N) is 1. The smallest absolute Gasteiger partial charge is 0.117 e. The lowest BCUT2D eigenvalue weighted by molar-refractivity contribution is -0.0776. The lowest BCUT2D eigenvalue weighted by Gasteiger charge is -2.40. The maximum absolute atomic E-state index is 6.05. The minimum absolute atomic E-state index is 0.0405. The highest BCUT2D eigenvalue weighted by Gasteiger charge is 2.34. The van der Waals surface area contributed by atoms with E-state index in [2.05, 4.69) is 92.4 Å². The molecule has 32 heavy (non-hydrogen) atoms. The third-order valence-electron chi connectivity index (χ3n) is 7.03. The van der Waals surface area contributed by atoms with Gasteiger partial charge in [-0.05, 0) is 81.7 Å². The summed E-state index contributed by atoms with van der Waals surface area (Å²) in [5.74, 6) is 2.19. The van der Waals surface area contributed by atoms with Gasteiger partial charge in [-0.2, -0.15) is 0 Å². The number of benzene rings is 2. The Morgan fingerprint density at radius 1 is 0.938 bits per heavy atom. The Balaban J connectivity index is 1.55. The van der Waals surface area contributed by atoms with Crippen LogP contribution >= 0.6 is 0 Å². The van der Waals surface area contributed by atoms with Crippen molar-refractivity contribution >= 4 is 0 Å². The zero-order chi connectivity index (χ0) is 22.4. The van der Waals surface area contributed by atoms with Crippen molar-refractivity contribution < 1.29 is 9.15 Å². The fraction of sp³-hybridized carbons (Fsp3) is 0.448. The summed E-state index contributed by atoms with van der Waals surface area (Å²) < 4.78 is 11.8. The van der Waals surface area contributed by atoms with Crippen LogP contribution in [0.3, 0.4) is 0 Å². The summed E-state index contributed by atoms with van der Waals surface area (Å²) in [7, 11) is 0. The van der Waals surface area contributed by atoms with Crippen molar-refractivity contribution in [3.8, 4) is 0 Å². The molecule has 0 aliphatic carbocycles. The van der Waals surface area contributed by atoms with Gasteiger partial charge in [0.15, 0.2) is 0 Å². The number of ether oxygens (including phenoxy) is 1.